The van der Waals surface area contributed by atoms with Gasteiger partial charge in [-0.1, -0.05) is 12.2 Å². The summed E-state index contributed by atoms with van der Waals surface area (Å²) in [5.74, 6) is 0. The molecule has 1 aliphatic carbocycles. The topological polar surface area (TPSA) is 12.0 Å². The highest BCUT2D eigenvalue weighted by atomic mass is 14.9. The molecule has 0 saturated heterocycles. The van der Waals surface area contributed by atoms with E-state index in [1.807, 2.05) is 6.08 Å². The fraction of sp³-hybridized carbons (Fsp3) is 0.600. The zero-order chi connectivity index (χ0) is 7.94. The lowest BCUT2D eigenvalue weighted by Gasteiger charge is -2.13. The van der Waals surface area contributed by atoms with Crippen LogP contribution in [0.25, 0.3) is 0 Å². The summed E-state index contributed by atoms with van der Waals surface area (Å²) in [7, 11) is 0. The maximum atomic E-state index is 3.68. The molecule has 0 heterocycles. The van der Waals surface area contributed by atoms with E-state index < -0.39 is 0 Å². The fourth-order valence-corrected chi connectivity index (χ4v) is 1.33. The Hall–Kier alpha value is -0.720. The monoisotopic (exact) mass is 151 g/mol. The highest BCUT2D eigenvalue weighted by Crippen LogP contribution is 2.14. The average molecular weight is 151 g/mol. The molecule has 0 amide bonds. The summed E-state index contributed by atoms with van der Waals surface area (Å²) >= 11 is 0. The van der Waals surface area contributed by atoms with E-state index in [-0.39, 0.29) is 0 Å². The molecule has 0 aliphatic heterocycles. The highest BCUT2D eigenvalue weighted by molar-refractivity contribution is 5.02. The standard InChI is InChI=1S/C10H17N/c1-2-3-9-11-10-7-5-4-6-8-10/h2,7,11H,1,3-6,8-9H2. The first kappa shape index (κ1) is 8.38. The summed E-state index contributed by atoms with van der Waals surface area (Å²) in [6.45, 7) is 4.73. The molecule has 0 radical (unpaired) electrons. The van der Waals surface area contributed by atoms with Gasteiger partial charge in [0.25, 0.3) is 0 Å². The Bertz CT molecular complexity index is 147. The van der Waals surface area contributed by atoms with Crippen LogP contribution in [0, 0.1) is 0 Å². The van der Waals surface area contributed by atoms with Crippen LogP contribution in [0.3, 0.4) is 0 Å². The molecule has 0 aromatic heterocycles. The quantitative estimate of drug-likeness (QED) is 0.481. The molecule has 0 bridgehead atoms. The van der Waals surface area contributed by atoms with Crippen molar-refractivity contribution in [2.24, 2.45) is 0 Å². The minimum absolute atomic E-state index is 1.05. The zero-order valence-corrected chi connectivity index (χ0v) is 7.10. The summed E-state index contributed by atoms with van der Waals surface area (Å²) in [4.78, 5) is 0. The normalized spacial score (nSPS) is 17.3. The molecule has 0 unspecified atom stereocenters. The van der Waals surface area contributed by atoms with Gasteiger partial charge in [-0.05, 0) is 32.1 Å². The predicted molar refractivity (Wildman–Crippen MR) is 49.4 cm³/mol. The first-order chi connectivity index (χ1) is 5.43. The van der Waals surface area contributed by atoms with Crippen LogP contribution in [0.2, 0.25) is 0 Å². The van der Waals surface area contributed by atoms with E-state index in [1.165, 1.54) is 31.4 Å². The second-order valence-electron chi connectivity index (χ2n) is 2.98. The minimum Gasteiger partial charge on any atom is -0.388 e. The van der Waals surface area contributed by atoms with Crippen LogP contribution < -0.4 is 5.32 Å². The maximum Gasteiger partial charge on any atom is 0.0178 e. The van der Waals surface area contributed by atoms with Crippen LogP contribution in [-0.2, 0) is 0 Å². The van der Waals surface area contributed by atoms with E-state index in [2.05, 4.69) is 18.0 Å². The summed E-state index contributed by atoms with van der Waals surface area (Å²) in [5, 5.41) is 3.41. The minimum atomic E-state index is 1.05. The van der Waals surface area contributed by atoms with Crippen molar-refractivity contribution in [1.82, 2.24) is 5.32 Å². The number of nitrogens with one attached hydrogen (secondary N) is 1. The number of hydrogen-bond acceptors (Lipinski definition) is 1. The second kappa shape index (κ2) is 5.00. The first-order valence-electron chi connectivity index (χ1n) is 4.47. The van der Waals surface area contributed by atoms with Crippen molar-refractivity contribution in [3.8, 4) is 0 Å². The van der Waals surface area contributed by atoms with Gasteiger partial charge in [-0.15, -0.1) is 6.58 Å². The Balaban J connectivity index is 2.14. The van der Waals surface area contributed by atoms with Crippen molar-refractivity contribution in [3.05, 3.63) is 24.4 Å². The van der Waals surface area contributed by atoms with Crippen LogP contribution in [-0.4, -0.2) is 6.54 Å². The van der Waals surface area contributed by atoms with Crippen LogP contribution in [0.4, 0.5) is 0 Å². The van der Waals surface area contributed by atoms with E-state index in [0.717, 1.165) is 13.0 Å². The molecule has 0 aromatic rings. The van der Waals surface area contributed by atoms with Gasteiger partial charge in [-0.2, -0.15) is 0 Å². The first-order valence-corrected chi connectivity index (χ1v) is 4.47. The SMILES string of the molecule is C=CCCNC1=CCCCC1. The Morgan fingerprint density at radius 3 is 3.09 bits per heavy atom. The summed E-state index contributed by atoms with van der Waals surface area (Å²) in [6, 6.07) is 0. The molecule has 0 fully saturated rings. The van der Waals surface area contributed by atoms with Crippen LogP contribution in [0.5, 0.6) is 0 Å². The Morgan fingerprint density at radius 1 is 1.55 bits per heavy atom. The summed E-state index contributed by atoms with van der Waals surface area (Å²) in [6.07, 6.45) is 10.6. The lowest BCUT2D eigenvalue weighted by molar-refractivity contribution is 0.641. The molecule has 0 spiro atoms. The lowest BCUT2D eigenvalue weighted by atomic mass is 10.0. The van der Waals surface area contributed by atoms with Crippen LogP contribution in [0.15, 0.2) is 24.4 Å². The van der Waals surface area contributed by atoms with E-state index in [0.29, 0.717) is 0 Å². The molecule has 62 valence electrons. The van der Waals surface area contributed by atoms with E-state index in [4.69, 9.17) is 0 Å². The van der Waals surface area contributed by atoms with Gasteiger partial charge in [-0.25, -0.2) is 0 Å². The second-order valence-corrected chi connectivity index (χ2v) is 2.98. The van der Waals surface area contributed by atoms with E-state index >= 15 is 0 Å². The Labute approximate surface area is 69.2 Å². The average Bonchev–Trinajstić information content (AvgIpc) is 2.07. The predicted octanol–water partition coefficient (Wildman–Crippen LogP) is 2.61. The van der Waals surface area contributed by atoms with Crippen molar-refractivity contribution in [3.63, 3.8) is 0 Å². The third-order valence-electron chi connectivity index (χ3n) is 1.99. The third kappa shape index (κ3) is 3.26. The van der Waals surface area contributed by atoms with Crippen LogP contribution in [0.1, 0.15) is 32.1 Å². The van der Waals surface area contributed by atoms with Crippen molar-refractivity contribution in [2.45, 2.75) is 32.1 Å². The van der Waals surface area contributed by atoms with E-state index in [1.54, 1.807) is 0 Å². The van der Waals surface area contributed by atoms with Crippen molar-refractivity contribution in [1.29, 1.82) is 0 Å². The van der Waals surface area contributed by atoms with Crippen LogP contribution >= 0.6 is 0 Å². The lowest BCUT2D eigenvalue weighted by Crippen LogP contribution is -2.15. The molecule has 1 N–H and O–H groups in total. The number of allylic oxidation sites excluding steroid dienone is 2. The molecule has 0 aromatic carbocycles. The van der Waals surface area contributed by atoms with E-state index in [9.17, 15) is 0 Å². The van der Waals surface area contributed by atoms with Gasteiger partial charge in [0.2, 0.25) is 0 Å². The number of rotatable bonds is 4. The molecule has 1 nitrogen and oxygen atoms in total. The largest absolute Gasteiger partial charge is 0.388 e. The van der Waals surface area contributed by atoms with Gasteiger partial charge in [-0.3, -0.25) is 0 Å². The zero-order valence-electron chi connectivity index (χ0n) is 7.10. The van der Waals surface area contributed by atoms with Crippen molar-refractivity contribution >= 4 is 0 Å². The molecule has 0 atom stereocenters. The summed E-state index contributed by atoms with van der Waals surface area (Å²) < 4.78 is 0. The van der Waals surface area contributed by atoms with Gasteiger partial charge in [0, 0.05) is 12.2 Å². The molecule has 11 heavy (non-hydrogen) atoms. The van der Waals surface area contributed by atoms with Crippen molar-refractivity contribution in [2.75, 3.05) is 6.54 Å². The third-order valence-corrected chi connectivity index (χ3v) is 1.99. The van der Waals surface area contributed by atoms with Gasteiger partial charge in [0.1, 0.15) is 0 Å². The molecular formula is C10H17N. The smallest absolute Gasteiger partial charge is 0.0178 e. The summed E-state index contributed by atoms with van der Waals surface area (Å²) in [5.41, 5.74) is 1.44. The van der Waals surface area contributed by atoms with Gasteiger partial charge in [0.05, 0.1) is 0 Å². The van der Waals surface area contributed by atoms with Gasteiger partial charge >= 0.3 is 0 Å². The Kier molecular flexibility index (Phi) is 3.81. The van der Waals surface area contributed by atoms with Gasteiger partial charge < -0.3 is 5.32 Å². The number of hydrogen-bond donors (Lipinski definition) is 1. The molecule has 1 rings (SSSR count). The van der Waals surface area contributed by atoms with Gasteiger partial charge in [0.15, 0.2) is 0 Å². The molecule has 1 aliphatic rings. The maximum absolute atomic E-state index is 3.68. The molecule has 1 heteroatoms. The Morgan fingerprint density at radius 2 is 2.45 bits per heavy atom. The molecular weight excluding hydrogens is 134 g/mol. The van der Waals surface area contributed by atoms with Crippen molar-refractivity contribution < 1.29 is 0 Å². The fourth-order valence-electron chi connectivity index (χ4n) is 1.33. The molecule has 0 saturated carbocycles. The highest BCUT2D eigenvalue weighted by Gasteiger charge is 2.00.